The second-order valence-corrected chi connectivity index (χ2v) is 3.38. The van der Waals surface area contributed by atoms with E-state index in [1.165, 1.54) is 12.1 Å². The SMILES string of the molecule is NC(=O)c1ccccc1O.OCC(O)COB(O)O. The highest BCUT2D eigenvalue weighted by molar-refractivity contribution is 6.32. The number of hydrogen-bond acceptors (Lipinski definition) is 7. The molecule has 0 bridgehead atoms. The van der Waals surface area contributed by atoms with Gasteiger partial charge in [-0.3, -0.25) is 4.79 Å². The lowest BCUT2D eigenvalue weighted by molar-refractivity contribution is 0.0362. The fourth-order valence-electron chi connectivity index (χ4n) is 0.932. The van der Waals surface area contributed by atoms with Crippen LogP contribution in [-0.2, 0) is 4.65 Å². The van der Waals surface area contributed by atoms with Crippen molar-refractivity contribution in [1.82, 2.24) is 0 Å². The van der Waals surface area contributed by atoms with E-state index in [1.54, 1.807) is 12.1 Å². The molecular weight excluding hydrogens is 257 g/mol. The van der Waals surface area contributed by atoms with Crippen LogP contribution in [0.3, 0.4) is 0 Å². The Kier molecular flexibility index (Phi) is 8.50. The molecule has 1 amide bonds. The Balaban J connectivity index is 0.000000344. The Morgan fingerprint density at radius 1 is 1.37 bits per heavy atom. The second kappa shape index (κ2) is 9.31. The molecule has 0 saturated carbocycles. The van der Waals surface area contributed by atoms with Crippen molar-refractivity contribution in [2.75, 3.05) is 13.2 Å². The van der Waals surface area contributed by atoms with Crippen LogP contribution < -0.4 is 5.73 Å². The number of benzene rings is 1. The maximum absolute atomic E-state index is 10.5. The number of amides is 1. The van der Waals surface area contributed by atoms with E-state index >= 15 is 0 Å². The Morgan fingerprint density at radius 3 is 2.32 bits per heavy atom. The minimum atomic E-state index is -1.88. The molecule has 19 heavy (non-hydrogen) atoms. The second-order valence-electron chi connectivity index (χ2n) is 3.38. The molecule has 9 heteroatoms. The van der Waals surface area contributed by atoms with E-state index < -0.39 is 25.9 Å². The summed E-state index contributed by atoms with van der Waals surface area (Å²) in [5.74, 6) is -0.687. The molecule has 0 aliphatic carbocycles. The van der Waals surface area contributed by atoms with Gasteiger partial charge in [-0.25, -0.2) is 0 Å². The summed E-state index contributed by atoms with van der Waals surface area (Å²) >= 11 is 0. The van der Waals surface area contributed by atoms with Crippen molar-refractivity contribution < 1.29 is 34.8 Å². The third-order valence-corrected chi connectivity index (χ3v) is 1.82. The van der Waals surface area contributed by atoms with Gasteiger partial charge in [0.1, 0.15) is 5.75 Å². The normalized spacial score (nSPS) is 11.2. The average Bonchev–Trinajstić information content (AvgIpc) is 2.36. The summed E-state index contributed by atoms with van der Waals surface area (Å²) in [6.45, 7) is -0.735. The van der Waals surface area contributed by atoms with E-state index in [0.717, 1.165) is 0 Å². The Hall–Kier alpha value is -1.65. The number of rotatable bonds is 5. The van der Waals surface area contributed by atoms with Gasteiger partial charge in [-0.05, 0) is 12.1 Å². The largest absolute Gasteiger partial charge is 0.633 e. The van der Waals surface area contributed by atoms with Crippen molar-refractivity contribution in [2.24, 2.45) is 5.73 Å². The minimum Gasteiger partial charge on any atom is -0.507 e. The summed E-state index contributed by atoms with van der Waals surface area (Å²) in [6.07, 6.45) is -1.05. The quantitative estimate of drug-likeness (QED) is 0.333. The number of aromatic hydroxyl groups is 1. The van der Waals surface area contributed by atoms with Crippen LogP contribution in [0.5, 0.6) is 5.75 Å². The number of carbonyl (C=O) groups is 1. The molecule has 106 valence electrons. The van der Waals surface area contributed by atoms with E-state index in [9.17, 15) is 4.79 Å². The molecule has 1 unspecified atom stereocenters. The van der Waals surface area contributed by atoms with Crippen LogP contribution in [0, 0.1) is 0 Å². The summed E-state index contributed by atoms with van der Waals surface area (Å²) < 4.78 is 4.10. The number of phenols is 1. The molecular formula is C10H16BNO7. The number of carbonyl (C=O) groups excluding carboxylic acids is 1. The Bertz CT molecular complexity index is 388. The molecule has 0 aliphatic rings. The van der Waals surface area contributed by atoms with Crippen LogP contribution in [0.15, 0.2) is 24.3 Å². The highest BCUT2D eigenvalue weighted by Gasteiger charge is 2.10. The van der Waals surface area contributed by atoms with Gasteiger partial charge in [0.05, 0.1) is 24.9 Å². The molecule has 7 N–H and O–H groups in total. The lowest BCUT2D eigenvalue weighted by Crippen LogP contribution is -2.26. The molecule has 8 nitrogen and oxygen atoms in total. The van der Waals surface area contributed by atoms with E-state index in [-0.39, 0.29) is 17.9 Å². The molecule has 1 aromatic rings. The predicted molar refractivity (Wildman–Crippen MR) is 65.9 cm³/mol. The molecule has 0 radical (unpaired) electrons. The summed E-state index contributed by atoms with van der Waals surface area (Å²) in [5, 5.41) is 41.7. The van der Waals surface area contributed by atoms with Gasteiger partial charge in [-0.1, -0.05) is 12.1 Å². The standard InChI is InChI=1S/C7H7NO2.C3H9BO5/c8-7(10)5-3-1-2-4-6(5)9;5-1-3(6)2-9-4(7)8/h1-4,9H,(H2,8,10);3,5-8H,1-2H2. The van der Waals surface area contributed by atoms with Crippen LogP contribution >= 0.6 is 0 Å². The number of aliphatic hydroxyl groups excluding tert-OH is 2. The first-order chi connectivity index (χ1) is 8.88. The van der Waals surface area contributed by atoms with Gasteiger partial charge >= 0.3 is 7.32 Å². The maximum atomic E-state index is 10.5. The van der Waals surface area contributed by atoms with E-state index in [4.69, 9.17) is 31.1 Å². The molecule has 0 aromatic heterocycles. The first-order valence-corrected chi connectivity index (χ1v) is 5.23. The van der Waals surface area contributed by atoms with E-state index in [2.05, 4.69) is 4.65 Å². The minimum absolute atomic E-state index is 0.0741. The molecule has 1 aromatic carbocycles. The molecule has 0 heterocycles. The van der Waals surface area contributed by atoms with Gasteiger partial charge in [-0.2, -0.15) is 0 Å². The number of aliphatic hydroxyl groups is 2. The lowest BCUT2D eigenvalue weighted by atomic mass is 10.2. The smallest absolute Gasteiger partial charge is 0.507 e. The van der Waals surface area contributed by atoms with Crippen LogP contribution in [0.25, 0.3) is 0 Å². The summed E-state index contributed by atoms with van der Waals surface area (Å²) in [4.78, 5) is 10.5. The van der Waals surface area contributed by atoms with Gasteiger partial charge in [0.25, 0.3) is 5.91 Å². The van der Waals surface area contributed by atoms with E-state index in [0.29, 0.717) is 0 Å². The number of hydrogen-bond donors (Lipinski definition) is 6. The van der Waals surface area contributed by atoms with Gasteiger partial charge in [-0.15, -0.1) is 0 Å². The fraction of sp³-hybridized carbons (Fsp3) is 0.300. The Morgan fingerprint density at radius 2 is 1.95 bits per heavy atom. The topological polar surface area (TPSA) is 153 Å². The van der Waals surface area contributed by atoms with Gasteiger partial charge < -0.3 is 35.8 Å². The zero-order valence-electron chi connectivity index (χ0n) is 10.0. The molecule has 1 rings (SSSR count). The first kappa shape index (κ1) is 17.4. The highest BCUT2D eigenvalue weighted by atomic mass is 16.6. The summed E-state index contributed by atoms with van der Waals surface area (Å²) in [7, 11) is -1.88. The number of para-hydroxylation sites is 1. The zero-order chi connectivity index (χ0) is 14.8. The molecule has 0 aliphatic heterocycles. The monoisotopic (exact) mass is 273 g/mol. The molecule has 1 atom stereocenters. The summed E-state index contributed by atoms with van der Waals surface area (Å²) in [5.41, 5.74) is 5.07. The van der Waals surface area contributed by atoms with Crippen molar-refractivity contribution in [2.45, 2.75) is 6.10 Å². The van der Waals surface area contributed by atoms with Crippen LogP contribution in [0.4, 0.5) is 0 Å². The lowest BCUT2D eigenvalue weighted by Gasteiger charge is -2.05. The van der Waals surface area contributed by atoms with Crippen LogP contribution in [0.1, 0.15) is 10.4 Å². The fourth-order valence-corrected chi connectivity index (χ4v) is 0.932. The molecule has 0 spiro atoms. The predicted octanol–water partition coefficient (Wildman–Crippen LogP) is -2.18. The van der Waals surface area contributed by atoms with Crippen LogP contribution in [-0.4, -0.2) is 57.9 Å². The van der Waals surface area contributed by atoms with Crippen molar-refractivity contribution in [1.29, 1.82) is 0 Å². The Labute approximate surface area is 109 Å². The van der Waals surface area contributed by atoms with Crippen molar-refractivity contribution >= 4 is 13.2 Å². The van der Waals surface area contributed by atoms with Crippen molar-refractivity contribution in [3.05, 3.63) is 29.8 Å². The molecule has 0 fully saturated rings. The van der Waals surface area contributed by atoms with Gasteiger partial charge in [0.15, 0.2) is 0 Å². The maximum Gasteiger partial charge on any atom is 0.633 e. The average molecular weight is 273 g/mol. The van der Waals surface area contributed by atoms with Crippen molar-refractivity contribution in [3.8, 4) is 5.75 Å². The van der Waals surface area contributed by atoms with E-state index in [1.807, 2.05) is 0 Å². The van der Waals surface area contributed by atoms with Crippen molar-refractivity contribution in [3.63, 3.8) is 0 Å². The van der Waals surface area contributed by atoms with Crippen LogP contribution in [0.2, 0.25) is 0 Å². The third kappa shape index (κ3) is 8.13. The van der Waals surface area contributed by atoms with Gasteiger partial charge in [0, 0.05) is 0 Å². The first-order valence-electron chi connectivity index (χ1n) is 5.23. The third-order valence-electron chi connectivity index (χ3n) is 1.82. The van der Waals surface area contributed by atoms with Gasteiger partial charge in [0.2, 0.25) is 0 Å². The zero-order valence-corrected chi connectivity index (χ0v) is 10.0. The highest BCUT2D eigenvalue weighted by Crippen LogP contribution is 2.13. The molecule has 0 saturated heterocycles. The summed E-state index contributed by atoms with van der Waals surface area (Å²) in [6, 6.07) is 6.15. The number of nitrogens with two attached hydrogens (primary N) is 1. The number of primary amides is 1.